The lowest BCUT2D eigenvalue weighted by Gasteiger charge is -2.25. The van der Waals surface area contributed by atoms with Gasteiger partial charge in [0.2, 0.25) is 0 Å². The second kappa shape index (κ2) is 8.11. The number of anilines is 3. The van der Waals surface area contributed by atoms with Crippen LogP contribution in [-0.2, 0) is 0 Å². The minimum Gasteiger partial charge on any atom is -0.295 e. The Bertz CT molecular complexity index is 873. The first kappa shape index (κ1) is 16.7. The van der Waals surface area contributed by atoms with E-state index in [0.29, 0.717) is 0 Å². The number of aromatic nitrogens is 1. The zero-order chi connectivity index (χ0) is 17.5. The van der Waals surface area contributed by atoms with E-state index in [1.54, 1.807) is 0 Å². The molecule has 2 heteroatoms. The Labute approximate surface area is 149 Å². The number of pyridine rings is 1. The highest BCUT2D eigenvalue weighted by atomic mass is 15.2. The van der Waals surface area contributed by atoms with Crippen LogP contribution < -0.4 is 4.90 Å². The van der Waals surface area contributed by atoms with Crippen molar-refractivity contribution in [2.45, 2.75) is 13.8 Å². The Morgan fingerprint density at radius 2 is 1.12 bits per heavy atom. The van der Waals surface area contributed by atoms with Crippen molar-refractivity contribution in [3.05, 3.63) is 97.2 Å². The van der Waals surface area contributed by atoms with E-state index in [-0.39, 0.29) is 0 Å². The minimum atomic E-state index is 0.945. The summed E-state index contributed by atoms with van der Waals surface area (Å²) >= 11 is 0. The molecule has 0 aliphatic carbocycles. The zero-order valence-corrected chi connectivity index (χ0v) is 14.6. The molecule has 0 fully saturated rings. The van der Waals surface area contributed by atoms with Crippen molar-refractivity contribution in [1.82, 2.24) is 4.98 Å². The molecule has 0 radical (unpaired) electrons. The van der Waals surface area contributed by atoms with Gasteiger partial charge in [0.1, 0.15) is 5.82 Å². The third kappa shape index (κ3) is 3.53. The van der Waals surface area contributed by atoms with Crippen LogP contribution in [0.4, 0.5) is 17.2 Å². The van der Waals surface area contributed by atoms with Gasteiger partial charge in [-0.3, -0.25) is 4.90 Å². The van der Waals surface area contributed by atoms with E-state index in [2.05, 4.69) is 82.7 Å². The van der Waals surface area contributed by atoms with Gasteiger partial charge in [0, 0.05) is 23.0 Å². The smallest absolute Gasteiger partial charge is 0.145 e. The van der Waals surface area contributed by atoms with E-state index in [0.717, 1.165) is 22.6 Å². The molecule has 0 saturated heterocycles. The monoisotopic (exact) mass is 326 g/mol. The Kier molecular flexibility index (Phi) is 5.43. The van der Waals surface area contributed by atoms with Crippen LogP contribution in [0.2, 0.25) is 0 Å². The van der Waals surface area contributed by atoms with Gasteiger partial charge in [-0.1, -0.05) is 74.5 Å². The fourth-order valence-corrected chi connectivity index (χ4v) is 2.83. The lowest BCUT2D eigenvalue weighted by molar-refractivity contribution is 1.20. The molecule has 0 aliphatic rings. The van der Waals surface area contributed by atoms with Crippen molar-refractivity contribution in [3.63, 3.8) is 0 Å². The van der Waals surface area contributed by atoms with Gasteiger partial charge >= 0.3 is 0 Å². The van der Waals surface area contributed by atoms with Gasteiger partial charge in [0.15, 0.2) is 0 Å². The van der Waals surface area contributed by atoms with Crippen LogP contribution in [0.15, 0.2) is 97.2 Å². The van der Waals surface area contributed by atoms with Gasteiger partial charge in [0.05, 0.1) is 0 Å². The number of benzene rings is 3. The predicted octanol–water partition coefficient (Wildman–Crippen LogP) is 6.73. The van der Waals surface area contributed by atoms with Gasteiger partial charge in [0.25, 0.3) is 0 Å². The molecule has 25 heavy (non-hydrogen) atoms. The summed E-state index contributed by atoms with van der Waals surface area (Å²) in [5, 5.41) is 2.33. The maximum atomic E-state index is 4.69. The highest BCUT2D eigenvalue weighted by Crippen LogP contribution is 2.36. The van der Waals surface area contributed by atoms with E-state index < -0.39 is 0 Å². The molecule has 0 bridgehead atoms. The Balaban J connectivity index is 0.000000880. The van der Waals surface area contributed by atoms with Crippen LogP contribution in [0.1, 0.15) is 13.8 Å². The molecule has 1 aromatic heterocycles. The molecular formula is C23H22N2. The summed E-state index contributed by atoms with van der Waals surface area (Å²) in [5.74, 6) is 0.945. The van der Waals surface area contributed by atoms with Gasteiger partial charge in [-0.25, -0.2) is 4.98 Å². The van der Waals surface area contributed by atoms with E-state index in [1.165, 1.54) is 5.39 Å². The maximum Gasteiger partial charge on any atom is 0.145 e. The molecule has 0 amide bonds. The summed E-state index contributed by atoms with van der Waals surface area (Å²) in [6.07, 6.45) is 1.87. The summed E-state index contributed by atoms with van der Waals surface area (Å²) in [6.45, 7) is 4.00. The van der Waals surface area contributed by atoms with Crippen molar-refractivity contribution in [3.8, 4) is 0 Å². The molecule has 0 aliphatic heterocycles. The number of para-hydroxylation sites is 2. The summed E-state index contributed by atoms with van der Waals surface area (Å²) in [5.41, 5.74) is 2.20. The first-order chi connectivity index (χ1) is 12.4. The number of nitrogens with zero attached hydrogens (tertiary/aromatic N) is 2. The number of rotatable bonds is 3. The Morgan fingerprint density at radius 1 is 0.600 bits per heavy atom. The van der Waals surface area contributed by atoms with Crippen LogP contribution in [0.25, 0.3) is 10.8 Å². The highest BCUT2D eigenvalue weighted by Gasteiger charge is 2.15. The third-order valence-electron chi connectivity index (χ3n) is 3.89. The number of fused-ring (bicyclic) bond motifs is 1. The van der Waals surface area contributed by atoms with Gasteiger partial charge in [-0.15, -0.1) is 0 Å². The molecule has 4 aromatic rings. The Morgan fingerprint density at radius 3 is 1.72 bits per heavy atom. The minimum absolute atomic E-state index is 0.945. The summed E-state index contributed by atoms with van der Waals surface area (Å²) in [7, 11) is 0. The highest BCUT2D eigenvalue weighted by molar-refractivity contribution is 5.96. The van der Waals surface area contributed by atoms with Crippen LogP contribution in [-0.4, -0.2) is 4.98 Å². The summed E-state index contributed by atoms with van der Waals surface area (Å²) < 4.78 is 0. The molecule has 3 aromatic carbocycles. The molecule has 2 nitrogen and oxygen atoms in total. The second-order valence-corrected chi connectivity index (χ2v) is 5.36. The zero-order valence-electron chi connectivity index (χ0n) is 14.6. The molecule has 0 saturated carbocycles. The fourth-order valence-electron chi connectivity index (χ4n) is 2.83. The summed E-state index contributed by atoms with van der Waals surface area (Å²) in [4.78, 5) is 6.88. The van der Waals surface area contributed by atoms with Crippen LogP contribution in [0.3, 0.4) is 0 Å². The largest absolute Gasteiger partial charge is 0.295 e. The average molecular weight is 326 g/mol. The van der Waals surface area contributed by atoms with Crippen molar-refractivity contribution < 1.29 is 0 Å². The normalized spacial score (nSPS) is 10.0. The standard InChI is InChI=1S/C21H16N2.C2H6/c1-3-10-18(11-4-1)23(19-12-5-2-6-13-19)21-20-14-8-7-9-17(20)15-16-22-21;1-2/h1-16H;1-2H3. The van der Waals surface area contributed by atoms with E-state index in [4.69, 9.17) is 0 Å². The van der Waals surface area contributed by atoms with E-state index in [1.807, 2.05) is 38.2 Å². The molecule has 0 unspecified atom stereocenters. The van der Waals surface area contributed by atoms with Crippen molar-refractivity contribution >= 4 is 28.0 Å². The first-order valence-electron chi connectivity index (χ1n) is 8.67. The lowest BCUT2D eigenvalue weighted by Crippen LogP contribution is -2.11. The molecule has 0 atom stereocenters. The summed E-state index contributed by atoms with van der Waals surface area (Å²) in [6, 6.07) is 31.1. The van der Waals surface area contributed by atoms with Crippen LogP contribution in [0.5, 0.6) is 0 Å². The van der Waals surface area contributed by atoms with Crippen LogP contribution in [0, 0.1) is 0 Å². The Hall–Kier alpha value is -3.13. The first-order valence-corrected chi connectivity index (χ1v) is 8.67. The van der Waals surface area contributed by atoms with Gasteiger partial charge in [-0.05, 0) is 35.7 Å². The molecule has 4 rings (SSSR count). The topological polar surface area (TPSA) is 16.1 Å². The molecule has 124 valence electrons. The molecular weight excluding hydrogens is 304 g/mol. The third-order valence-corrected chi connectivity index (χ3v) is 3.89. The number of hydrogen-bond donors (Lipinski definition) is 0. The van der Waals surface area contributed by atoms with E-state index >= 15 is 0 Å². The molecule has 1 heterocycles. The lowest BCUT2D eigenvalue weighted by atomic mass is 10.1. The van der Waals surface area contributed by atoms with Gasteiger partial charge < -0.3 is 0 Å². The molecule has 0 N–H and O–H groups in total. The average Bonchev–Trinajstić information content (AvgIpc) is 2.72. The molecule has 0 spiro atoms. The van der Waals surface area contributed by atoms with Crippen molar-refractivity contribution in [2.75, 3.05) is 4.90 Å². The van der Waals surface area contributed by atoms with Crippen LogP contribution >= 0.6 is 0 Å². The van der Waals surface area contributed by atoms with Crippen molar-refractivity contribution in [1.29, 1.82) is 0 Å². The van der Waals surface area contributed by atoms with Gasteiger partial charge in [-0.2, -0.15) is 0 Å². The maximum absolute atomic E-state index is 4.69. The SMILES string of the molecule is CC.c1ccc(N(c2ccccc2)c2nccc3ccccc23)cc1. The predicted molar refractivity (Wildman–Crippen MR) is 108 cm³/mol. The second-order valence-electron chi connectivity index (χ2n) is 5.36. The quantitative estimate of drug-likeness (QED) is 0.415. The van der Waals surface area contributed by atoms with E-state index in [9.17, 15) is 0 Å². The fraction of sp³-hybridized carbons (Fsp3) is 0.0870. The van der Waals surface area contributed by atoms with Crippen molar-refractivity contribution in [2.24, 2.45) is 0 Å². The number of hydrogen-bond acceptors (Lipinski definition) is 2.